The Morgan fingerprint density at radius 1 is 1.07 bits per heavy atom. The highest BCUT2D eigenvalue weighted by Gasteiger charge is 2.18. The fourth-order valence-electron chi connectivity index (χ4n) is 3.03. The van der Waals surface area contributed by atoms with E-state index in [1.54, 1.807) is 0 Å². The molecule has 0 aliphatic heterocycles. The smallest absolute Gasteiger partial charge is 0.261 e. The third-order valence-electron chi connectivity index (χ3n) is 4.34. The molecular weight excluding hydrogens is 338 g/mol. The van der Waals surface area contributed by atoms with Crippen molar-refractivity contribution in [2.75, 3.05) is 13.2 Å². The molecule has 0 fully saturated rings. The molecule has 1 N–H and O–H groups in total. The van der Waals surface area contributed by atoms with E-state index in [1.165, 1.54) is 5.56 Å². The van der Waals surface area contributed by atoms with Crippen LogP contribution in [-0.4, -0.2) is 25.2 Å². The monoisotopic (exact) mass is 369 g/mol. The zero-order valence-electron chi connectivity index (χ0n) is 17.0. The van der Waals surface area contributed by atoms with E-state index in [2.05, 4.69) is 31.3 Å². The van der Waals surface area contributed by atoms with Crippen LogP contribution in [0.5, 0.6) is 11.5 Å². The number of amides is 1. The molecule has 4 heteroatoms. The van der Waals surface area contributed by atoms with Gasteiger partial charge in [-0.25, -0.2) is 0 Å². The van der Waals surface area contributed by atoms with Crippen molar-refractivity contribution in [3.8, 4) is 11.5 Å². The summed E-state index contributed by atoms with van der Waals surface area (Å²) in [5.74, 6) is 1.89. The minimum absolute atomic E-state index is 0.114. The average Bonchev–Trinajstić information content (AvgIpc) is 2.62. The molecule has 0 radical (unpaired) electrons. The van der Waals surface area contributed by atoms with Crippen LogP contribution in [-0.2, 0) is 4.79 Å². The van der Waals surface area contributed by atoms with Gasteiger partial charge in [0.15, 0.2) is 6.10 Å². The number of hydrogen-bond donors (Lipinski definition) is 1. The van der Waals surface area contributed by atoms with Gasteiger partial charge in [0.2, 0.25) is 0 Å². The summed E-state index contributed by atoms with van der Waals surface area (Å²) in [6.45, 7) is 11.1. The van der Waals surface area contributed by atoms with Gasteiger partial charge >= 0.3 is 0 Å². The lowest BCUT2D eigenvalue weighted by Crippen LogP contribution is -2.39. The second-order valence-electron chi connectivity index (χ2n) is 7.17. The van der Waals surface area contributed by atoms with E-state index in [4.69, 9.17) is 9.47 Å². The Kier molecular flexibility index (Phi) is 7.71. The number of nitrogens with one attached hydrogen (secondary N) is 1. The maximum atomic E-state index is 12.4. The SMILES string of the molecule is CCC(Oc1cc(C)cc(C)c1)C(=O)NCCOc1ccccc1C(C)C. The van der Waals surface area contributed by atoms with E-state index in [0.717, 1.165) is 22.6 Å². The largest absolute Gasteiger partial charge is 0.491 e. The number of rotatable bonds is 9. The first-order valence-corrected chi connectivity index (χ1v) is 9.65. The first-order valence-electron chi connectivity index (χ1n) is 9.65. The molecule has 0 heterocycles. The van der Waals surface area contributed by atoms with Gasteiger partial charge in [-0.3, -0.25) is 4.79 Å². The van der Waals surface area contributed by atoms with Crippen molar-refractivity contribution in [2.45, 2.75) is 53.1 Å². The number of aryl methyl sites for hydroxylation is 2. The maximum absolute atomic E-state index is 12.4. The molecule has 4 nitrogen and oxygen atoms in total. The molecule has 0 aromatic heterocycles. The van der Waals surface area contributed by atoms with Gasteiger partial charge in [0, 0.05) is 0 Å². The summed E-state index contributed by atoms with van der Waals surface area (Å²) < 4.78 is 11.8. The van der Waals surface area contributed by atoms with Crippen LogP contribution < -0.4 is 14.8 Å². The lowest BCUT2D eigenvalue weighted by atomic mass is 10.0. The zero-order valence-corrected chi connectivity index (χ0v) is 17.0. The molecule has 0 spiro atoms. The third kappa shape index (κ3) is 6.31. The highest BCUT2D eigenvalue weighted by Crippen LogP contribution is 2.25. The molecule has 1 atom stereocenters. The number of para-hydroxylation sites is 1. The molecule has 27 heavy (non-hydrogen) atoms. The first kappa shape index (κ1) is 20.8. The molecule has 0 saturated carbocycles. The van der Waals surface area contributed by atoms with Crippen LogP contribution in [0.25, 0.3) is 0 Å². The van der Waals surface area contributed by atoms with Crippen LogP contribution in [0.2, 0.25) is 0 Å². The van der Waals surface area contributed by atoms with E-state index in [1.807, 2.05) is 51.1 Å². The molecule has 2 aromatic rings. The Hall–Kier alpha value is -2.49. The fraction of sp³-hybridized carbons (Fsp3) is 0.435. The average molecular weight is 370 g/mol. The zero-order chi connectivity index (χ0) is 19.8. The Morgan fingerprint density at radius 2 is 1.74 bits per heavy atom. The lowest BCUT2D eigenvalue weighted by molar-refractivity contribution is -0.128. The van der Waals surface area contributed by atoms with Crippen LogP contribution in [0.1, 0.15) is 49.8 Å². The summed E-state index contributed by atoms with van der Waals surface area (Å²) in [5, 5.41) is 2.91. The molecule has 1 amide bonds. The van der Waals surface area contributed by atoms with Gasteiger partial charge in [-0.1, -0.05) is 45.0 Å². The van der Waals surface area contributed by atoms with Crippen LogP contribution in [0.3, 0.4) is 0 Å². The summed E-state index contributed by atoms with van der Waals surface area (Å²) in [6, 6.07) is 14.0. The molecule has 0 saturated heterocycles. The van der Waals surface area contributed by atoms with Crippen molar-refractivity contribution in [3.05, 3.63) is 59.2 Å². The maximum Gasteiger partial charge on any atom is 0.261 e. The molecule has 0 aliphatic rings. The number of carbonyl (C=O) groups is 1. The predicted molar refractivity (Wildman–Crippen MR) is 110 cm³/mol. The van der Waals surface area contributed by atoms with Crippen molar-refractivity contribution in [1.82, 2.24) is 5.32 Å². The molecule has 1 unspecified atom stereocenters. The van der Waals surface area contributed by atoms with Gasteiger partial charge in [0.1, 0.15) is 18.1 Å². The lowest BCUT2D eigenvalue weighted by Gasteiger charge is -2.18. The Balaban J connectivity index is 1.85. The Bertz CT molecular complexity index is 735. The Morgan fingerprint density at radius 3 is 2.37 bits per heavy atom. The molecule has 0 bridgehead atoms. The minimum Gasteiger partial charge on any atom is -0.491 e. The van der Waals surface area contributed by atoms with E-state index in [-0.39, 0.29) is 5.91 Å². The second kappa shape index (κ2) is 10.0. The van der Waals surface area contributed by atoms with Gasteiger partial charge in [0.05, 0.1) is 6.54 Å². The standard InChI is InChI=1S/C23H31NO3/c1-6-21(27-19-14-17(4)13-18(5)15-19)23(25)24-11-12-26-22-10-8-7-9-20(22)16(2)3/h7-10,13-16,21H,6,11-12H2,1-5H3,(H,24,25). The first-order chi connectivity index (χ1) is 12.9. The molecular formula is C23H31NO3. The summed E-state index contributed by atoms with van der Waals surface area (Å²) in [4.78, 5) is 12.4. The van der Waals surface area contributed by atoms with Crippen molar-refractivity contribution in [1.29, 1.82) is 0 Å². The summed E-state index contributed by atoms with van der Waals surface area (Å²) in [5.41, 5.74) is 3.42. The second-order valence-corrected chi connectivity index (χ2v) is 7.17. The van der Waals surface area contributed by atoms with Crippen molar-refractivity contribution in [3.63, 3.8) is 0 Å². The van der Waals surface area contributed by atoms with Crippen molar-refractivity contribution < 1.29 is 14.3 Å². The number of benzene rings is 2. The summed E-state index contributed by atoms with van der Waals surface area (Å²) in [7, 11) is 0. The van der Waals surface area contributed by atoms with Gasteiger partial charge in [-0.05, 0) is 61.1 Å². The highest BCUT2D eigenvalue weighted by molar-refractivity contribution is 5.81. The van der Waals surface area contributed by atoms with E-state index >= 15 is 0 Å². The molecule has 2 aromatic carbocycles. The van der Waals surface area contributed by atoms with Crippen LogP contribution in [0.15, 0.2) is 42.5 Å². The number of hydrogen-bond acceptors (Lipinski definition) is 3. The number of ether oxygens (including phenoxy) is 2. The van der Waals surface area contributed by atoms with E-state index in [9.17, 15) is 4.79 Å². The van der Waals surface area contributed by atoms with Crippen molar-refractivity contribution >= 4 is 5.91 Å². The van der Waals surface area contributed by atoms with E-state index in [0.29, 0.717) is 25.5 Å². The van der Waals surface area contributed by atoms with Gasteiger partial charge in [-0.2, -0.15) is 0 Å². The van der Waals surface area contributed by atoms with Crippen LogP contribution in [0.4, 0.5) is 0 Å². The highest BCUT2D eigenvalue weighted by atomic mass is 16.5. The normalized spacial score (nSPS) is 11.9. The summed E-state index contributed by atoms with van der Waals surface area (Å²) >= 11 is 0. The fourth-order valence-corrected chi connectivity index (χ4v) is 3.03. The quantitative estimate of drug-likeness (QED) is 0.647. The van der Waals surface area contributed by atoms with Gasteiger partial charge in [0.25, 0.3) is 5.91 Å². The van der Waals surface area contributed by atoms with Crippen molar-refractivity contribution in [2.24, 2.45) is 0 Å². The van der Waals surface area contributed by atoms with Gasteiger partial charge in [-0.15, -0.1) is 0 Å². The molecule has 0 aliphatic carbocycles. The van der Waals surface area contributed by atoms with E-state index < -0.39 is 6.10 Å². The minimum atomic E-state index is -0.505. The van der Waals surface area contributed by atoms with Crippen LogP contribution in [0, 0.1) is 13.8 Å². The molecule has 2 rings (SSSR count). The molecule has 146 valence electrons. The topological polar surface area (TPSA) is 47.6 Å². The third-order valence-corrected chi connectivity index (χ3v) is 4.34. The Labute approximate surface area is 162 Å². The summed E-state index contributed by atoms with van der Waals surface area (Å²) in [6.07, 6.45) is 0.102. The number of carbonyl (C=O) groups excluding carboxylic acids is 1. The predicted octanol–water partition coefficient (Wildman–Crippen LogP) is 4.78. The van der Waals surface area contributed by atoms with Gasteiger partial charge < -0.3 is 14.8 Å². The van der Waals surface area contributed by atoms with Crippen LogP contribution >= 0.6 is 0 Å².